The molecule has 0 heterocycles. The van der Waals surface area contributed by atoms with Gasteiger partial charge in [0.2, 0.25) is 0 Å². The fourth-order valence-electron chi connectivity index (χ4n) is 3.96. The van der Waals surface area contributed by atoms with Crippen LogP contribution in [0.1, 0.15) is 36.8 Å². The number of non-ortho nitro benzene ring substituents is 1. The zero-order valence-corrected chi connectivity index (χ0v) is 15.4. The molecule has 0 aromatic heterocycles. The Labute approximate surface area is 162 Å². The van der Waals surface area contributed by atoms with Crippen LogP contribution in [0.5, 0.6) is 0 Å². The van der Waals surface area contributed by atoms with Crippen molar-refractivity contribution in [1.29, 1.82) is 0 Å². The highest BCUT2D eigenvalue weighted by molar-refractivity contribution is 5.87. The van der Waals surface area contributed by atoms with E-state index in [0.29, 0.717) is 11.1 Å². The zero-order valence-electron chi connectivity index (χ0n) is 15.4. The first-order chi connectivity index (χ1) is 13.4. The predicted octanol–water partition coefficient (Wildman–Crippen LogP) is 3.11. The maximum absolute atomic E-state index is 12.9. The first-order valence-corrected chi connectivity index (χ1v) is 9.07. The molecule has 146 valence electrons. The fourth-order valence-corrected chi connectivity index (χ4v) is 3.96. The minimum atomic E-state index is -1.75. The van der Waals surface area contributed by atoms with E-state index in [1.807, 2.05) is 0 Å². The van der Waals surface area contributed by atoms with E-state index in [4.69, 9.17) is 4.74 Å². The van der Waals surface area contributed by atoms with Crippen LogP contribution in [-0.4, -0.2) is 28.4 Å². The Hall–Kier alpha value is -3.06. The fraction of sp³-hybridized carbons (Fsp3) is 0.333. The van der Waals surface area contributed by atoms with E-state index in [1.54, 1.807) is 43.3 Å². The zero-order chi connectivity index (χ0) is 20.3. The summed E-state index contributed by atoms with van der Waals surface area (Å²) < 4.78 is 5.22. The third-order valence-electron chi connectivity index (χ3n) is 5.15. The summed E-state index contributed by atoms with van der Waals surface area (Å²) >= 11 is 0. The topological polar surface area (TPSA) is 107 Å². The number of carbonyl (C=O) groups is 2. The number of nitrogens with zero attached hydrogens (tertiary/aromatic N) is 1. The number of nitro benzene ring substituents is 1. The van der Waals surface area contributed by atoms with Gasteiger partial charge in [0.15, 0.2) is 0 Å². The van der Waals surface area contributed by atoms with E-state index < -0.39 is 28.3 Å². The Bertz CT molecular complexity index is 897. The SMILES string of the molecule is CCOC(=O)[C@H]1[C@H](c2cccc([N+](=O)[O-])c2)CC(=O)C[C@]1(O)c1ccccc1. The van der Waals surface area contributed by atoms with Crippen LogP contribution in [0, 0.1) is 16.0 Å². The highest BCUT2D eigenvalue weighted by Crippen LogP contribution is 2.48. The standard InChI is InChI=1S/C21H21NO6/c1-2-28-20(24)19-18(14-7-6-10-16(11-14)22(26)27)12-17(23)13-21(19,25)15-8-4-3-5-9-15/h3-11,18-19,25H,2,12-13H2,1H3/t18-,19+,21-/m0/s1. The molecule has 0 spiro atoms. The molecule has 0 amide bonds. The average molecular weight is 383 g/mol. The lowest BCUT2D eigenvalue weighted by atomic mass is 9.63. The maximum atomic E-state index is 12.9. The van der Waals surface area contributed by atoms with Crippen LogP contribution < -0.4 is 0 Å². The van der Waals surface area contributed by atoms with Crippen LogP contribution in [0.25, 0.3) is 0 Å². The number of ether oxygens (including phenoxy) is 1. The highest BCUT2D eigenvalue weighted by atomic mass is 16.6. The van der Waals surface area contributed by atoms with Crippen LogP contribution in [0.2, 0.25) is 0 Å². The van der Waals surface area contributed by atoms with Gasteiger partial charge in [0, 0.05) is 30.9 Å². The second-order valence-electron chi connectivity index (χ2n) is 6.90. The molecule has 7 heteroatoms. The molecule has 3 rings (SSSR count). The van der Waals surface area contributed by atoms with Gasteiger partial charge in [-0.1, -0.05) is 42.5 Å². The van der Waals surface area contributed by atoms with Gasteiger partial charge >= 0.3 is 5.97 Å². The molecule has 2 aromatic carbocycles. The molecule has 0 unspecified atom stereocenters. The summed E-state index contributed by atoms with van der Waals surface area (Å²) in [5, 5.41) is 22.7. The van der Waals surface area contributed by atoms with Crippen molar-refractivity contribution in [2.24, 2.45) is 5.92 Å². The monoisotopic (exact) mass is 383 g/mol. The Morgan fingerprint density at radius 1 is 1.25 bits per heavy atom. The Morgan fingerprint density at radius 3 is 2.61 bits per heavy atom. The quantitative estimate of drug-likeness (QED) is 0.483. The molecular formula is C21H21NO6. The molecule has 28 heavy (non-hydrogen) atoms. The van der Waals surface area contributed by atoms with Crippen LogP contribution >= 0.6 is 0 Å². The van der Waals surface area contributed by atoms with Gasteiger partial charge in [0.05, 0.1) is 17.4 Å². The van der Waals surface area contributed by atoms with Gasteiger partial charge < -0.3 is 9.84 Å². The van der Waals surface area contributed by atoms with Crippen LogP contribution in [-0.2, 0) is 19.9 Å². The third kappa shape index (κ3) is 3.66. The number of aliphatic hydroxyl groups is 1. The summed E-state index contributed by atoms with van der Waals surface area (Å²) in [6.45, 7) is 1.78. The average Bonchev–Trinajstić information content (AvgIpc) is 2.68. The molecule has 1 aliphatic rings. The van der Waals surface area contributed by atoms with Gasteiger partial charge in [-0.05, 0) is 18.1 Å². The molecule has 1 N–H and O–H groups in total. The number of rotatable bonds is 5. The lowest BCUT2D eigenvalue weighted by Gasteiger charge is -2.43. The molecule has 0 saturated heterocycles. The molecule has 2 aromatic rings. The van der Waals surface area contributed by atoms with E-state index in [2.05, 4.69) is 0 Å². The van der Waals surface area contributed by atoms with Gasteiger partial charge in [0.25, 0.3) is 5.69 Å². The summed E-state index contributed by atoms with van der Waals surface area (Å²) in [5.74, 6) is -2.64. The van der Waals surface area contributed by atoms with Crippen LogP contribution in [0.3, 0.4) is 0 Å². The molecular weight excluding hydrogens is 362 g/mol. The Kier molecular flexibility index (Phi) is 5.56. The highest BCUT2D eigenvalue weighted by Gasteiger charge is 2.53. The maximum Gasteiger partial charge on any atom is 0.312 e. The van der Waals surface area contributed by atoms with E-state index >= 15 is 0 Å². The Balaban J connectivity index is 2.14. The molecule has 1 aliphatic carbocycles. The van der Waals surface area contributed by atoms with Crippen molar-refractivity contribution in [2.45, 2.75) is 31.3 Å². The number of carbonyl (C=O) groups excluding carboxylic acids is 2. The summed E-state index contributed by atoms with van der Waals surface area (Å²) in [6, 6.07) is 14.4. The predicted molar refractivity (Wildman–Crippen MR) is 101 cm³/mol. The number of Topliss-reactive ketones (excluding diaryl/α,β-unsaturated/α-hetero) is 1. The van der Waals surface area contributed by atoms with E-state index in [0.717, 1.165) is 0 Å². The lowest BCUT2D eigenvalue weighted by molar-refractivity contribution is -0.385. The summed E-state index contributed by atoms with van der Waals surface area (Å²) in [4.78, 5) is 36.0. The van der Waals surface area contributed by atoms with Gasteiger partial charge in [0.1, 0.15) is 11.4 Å². The number of nitro groups is 1. The second kappa shape index (κ2) is 7.90. The molecule has 7 nitrogen and oxygen atoms in total. The van der Waals surface area contributed by atoms with Crippen molar-refractivity contribution in [3.63, 3.8) is 0 Å². The second-order valence-corrected chi connectivity index (χ2v) is 6.90. The first kappa shape index (κ1) is 19.7. The van der Waals surface area contributed by atoms with Crippen LogP contribution in [0.15, 0.2) is 54.6 Å². The van der Waals surface area contributed by atoms with Crippen molar-refractivity contribution in [3.8, 4) is 0 Å². The lowest BCUT2D eigenvalue weighted by Crippen LogP contribution is -2.49. The number of hydrogen-bond donors (Lipinski definition) is 1. The third-order valence-corrected chi connectivity index (χ3v) is 5.15. The summed E-state index contributed by atoms with van der Waals surface area (Å²) in [7, 11) is 0. The van der Waals surface area contributed by atoms with E-state index in [9.17, 15) is 24.8 Å². The van der Waals surface area contributed by atoms with Crippen molar-refractivity contribution < 1.29 is 24.4 Å². The minimum Gasteiger partial charge on any atom is -0.466 e. The van der Waals surface area contributed by atoms with Gasteiger partial charge in [-0.3, -0.25) is 19.7 Å². The molecule has 0 aliphatic heterocycles. The summed E-state index contributed by atoms with van der Waals surface area (Å²) in [6.07, 6.45) is -0.217. The number of benzene rings is 2. The summed E-state index contributed by atoms with van der Waals surface area (Å²) in [5.41, 5.74) is -0.995. The number of esters is 1. The first-order valence-electron chi connectivity index (χ1n) is 9.07. The van der Waals surface area contributed by atoms with Gasteiger partial charge in [-0.2, -0.15) is 0 Å². The van der Waals surface area contributed by atoms with Crippen molar-refractivity contribution in [3.05, 3.63) is 75.8 Å². The molecule has 0 radical (unpaired) electrons. The molecule has 3 atom stereocenters. The van der Waals surface area contributed by atoms with Crippen molar-refractivity contribution in [2.75, 3.05) is 6.61 Å². The largest absolute Gasteiger partial charge is 0.466 e. The molecule has 1 saturated carbocycles. The van der Waals surface area contributed by atoms with E-state index in [-0.39, 0.29) is 30.9 Å². The molecule has 0 bridgehead atoms. The minimum absolute atomic E-state index is 0.000206. The van der Waals surface area contributed by atoms with Gasteiger partial charge in [-0.15, -0.1) is 0 Å². The smallest absolute Gasteiger partial charge is 0.312 e. The number of ketones is 1. The Morgan fingerprint density at radius 2 is 1.96 bits per heavy atom. The normalized spacial score (nSPS) is 24.6. The number of hydrogen-bond acceptors (Lipinski definition) is 6. The van der Waals surface area contributed by atoms with Crippen molar-refractivity contribution in [1.82, 2.24) is 0 Å². The van der Waals surface area contributed by atoms with Crippen molar-refractivity contribution >= 4 is 17.4 Å². The van der Waals surface area contributed by atoms with Gasteiger partial charge in [-0.25, -0.2) is 0 Å². The van der Waals surface area contributed by atoms with Crippen LogP contribution in [0.4, 0.5) is 5.69 Å². The van der Waals surface area contributed by atoms with E-state index in [1.165, 1.54) is 18.2 Å². The molecule has 1 fully saturated rings.